The fraction of sp³-hybridized carbons (Fsp3) is 0.867. The first-order chi connectivity index (χ1) is 9.99. The molecule has 3 unspecified atom stereocenters. The molecule has 6 nitrogen and oxygen atoms in total. The highest BCUT2D eigenvalue weighted by molar-refractivity contribution is 5.87. The van der Waals surface area contributed by atoms with Crippen LogP contribution in [-0.2, 0) is 14.3 Å². The lowest BCUT2D eigenvalue weighted by Gasteiger charge is -2.33. The van der Waals surface area contributed by atoms with Crippen molar-refractivity contribution < 1.29 is 19.1 Å². The Kier molecular flexibility index (Phi) is 5.08. The Labute approximate surface area is 126 Å². The first-order valence-electron chi connectivity index (χ1n) is 7.69. The number of likely N-dealkylation sites (tertiary alicyclic amines) is 1. The lowest BCUT2D eigenvalue weighted by atomic mass is 10.0. The van der Waals surface area contributed by atoms with Gasteiger partial charge in [0.15, 0.2) is 0 Å². The Hall–Kier alpha value is -1.30. The van der Waals surface area contributed by atoms with E-state index in [1.54, 1.807) is 6.92 Å². The lowest BCUT2D eigenvalue weighted by Crippen LogP contribution is -2.56. The van der Waals surface area contributed by atoms with E-state index < -0.39 is 18.2 Å². The maximum absolute atomic E-state index is 12.9. The number of nitrogens with zero attached hydrogens (tertiary/aromatic N) is 1. The van der Waals surface area contributed by atoms with Crippen LogP contribution < -0.4 is 5.32 Å². The fourth-order valence-corrected chi connectivity index (χ4v) is 3.78. The molecule has 2 rings (SSSR count). The van der Waals surface area contributed by atoms with Gasteiger partial charge in [-0.15, -0.1) is 0 Å². The summed E-state index contributed by atoms with van der Waals surface area (Å²) in [5.74, 6) is 0.553. The van der Waals surface area contributed by atoms with Gasteiger partial charge in [-0.2, -0.15) is 0 Å². The molecule has 1 N–H and O–H groups in total. The third-order valence-electron chi connectivity index (χ3n) is 4.92. The second kappa shape index (κ2) is 6.64. The Bertz CT molecular complexity index is 401. The van der Waals surface area contributed by atoms with Crippen molar-refractivity contribution in [2.45, 2.75) is 63.8 Å². The van der Waals surface area contributed by atoms with Gasteiger partial charge in [0.05, 0.1) is 13.2 Å². The highest BCUT2D eigenvalue weighted by atomic mass is 16.5. The zero-order chi connectivity index (χ0) is 15.6. The highest BCUT2D eigenvalue weighted by Gasteiger charge is 2.46. The zero-order valence-electron chi connectivity index (χ0n) is 13.3. The van der Waals surface area contributed by atoms with E-state index in [1.165, 1.54) is 27.1 Å². The van der Waals surface area contributed by atoms with E-state index in [4.69, 9.17) is 4.74 Å². The molecule has 1 aliphatic heterocycles. The van der Waals surface area contributed by atoms with E-state index in [2.05, 4.69) is 17.0 Å². The van der Waals surface area contributed by atoms with Crippen LogP contribution >= 0.6 is 0 Å². The van der Waals surface area contributed by atoms with Crippen LogP contribution in [0.3, 0.4) is 0 Å². The maximum Gasteiger partial charge on any atom is 0.407 e. The first-order valence-corrected chi connectivity index (χ1v) is 7.69. The maximum atomic E-state index is 12.9. The van der Waals surface area contributed by atoms with Crippen LogP contribution in [0.5, 0.6) is 0 Å². The summed E-state index contributed by atoms with van der Waals surface area (Å²) < 4.78 is 9.89. The summed E-state index contributed by atoms with van der Waals surface area (Å²) >= 11 is 0. The van der Waals surface area contributed by atoms with E-state index in [-0.39, 0.29) is 11.9 Å². The summed E-state index contributed by atoms with van der Waals surface area (Å²) in [5, 5.41) is 2.62. The number of alkyl carbamates (subject to hydrolysis) is 1. The summed E-state index contributed by atoms with van der Waals surface area (Å²) in [6.45, 7) is 3.87. The van der Waals surface area contributed by atoms with Gasteiger partial charge in [0.1, 0.15) is 6.04 Å². The van der Waals surface area contributed by atoms with Crippen molar-refractivity contribution in [2.24, 2.45) is 5.92 Å². The van der Waals surface area contributed by atoms with Crippen molar-refractivity contribution in [1.82, 2.24) is 10.2 Å². The molecular weight excluding hydrogens is 272 g/mol. The van der Waals surface area contributed by atoms with Crippen LogP contribution in [0.15, 0.2) is 0 Å². The zero-order valence-corrected chi connectivity index (χ0v) is 13.3. The summed E-state index contributed by atoms with van der Waals surface area (Å²) in [7, 11) is 2.83. The van der Waals surface area contributed by atoms with Gasteiger partial charge in [0.2, 0.25) is 5.91 Å². The van der Waals surface area contributed by atoms with Crippen molar-refractivity contribution in [3.05, 3.63) is 0 Å². The average Bonchev–Trinajstić information content (AvgIpc) is 3.02. The molecule has 0 spiro atoms. The molecule has 1 aliphatic carbocycles. The van der Waals surface area contributed by atoms with Crippen molar-refractivity contribution in [3.8, 4) is 0 Å². The van der Waals surface area contributed by atoms with Crippen LogP contribution in [0.1, 0.15) is 39.5 Å². The van der Waals surface area contributed by atoms with Crippen LogP contribution in [0.25, 0.3) is 0 Å². The molecule has 2 fully saturated rings. The van der Waals surface area contributed by atoms with Gasteiger partial charge in [-0.05, 0) is 39.0 Å². The van der Waals surface area contributed by atoms with E-state index >= 15 is 0 Å². The van der Waals surface area contributed by atoms with Crippen molar-refractivity contribution in [2.75, 3.05) is 14.2 Å². The standard InChI is InChI=1S/C15H26N2O4/c1-9-8-11-6-5-7-12(11)17(9)14(18)13(10(2)20-3)16-15(19)21-4/h9-13H,5-8H2,1-4H3,(H,16,19)/t9?,10-,11?,12?,13+/m1/s1. The van der Waals surface area contributed by atoms with E-state index in [1.807, 2.05) is 4.90 Å². The first kappa shape index (κ1) is 16.1. The second-order valence-corrected chi connectivity index (χ2v) is 6.14. The Balaban J connectivity index is 2.14. The number of nitrogens with one attached hydrogen (secondary N) is 1. The van der Waals surface area contributed by atoms with E-state index in [0.29, 0.717) is 12.0 Å². The summed E-state index contributed by atoms with van der Waals surface area (Å²) in [4.78, 5) is 26.4. The minimum absolute atomic E-state index is 0.0587. The highest BCUT2D eigenvalue weighted by Crippen LogP contribution is 2.41. The summed E-state index contributed by atoms with van der Waals surface area (Å²) in [6, 6.07) is -0.165. The Morgan fingerprint density at radius 3 is 2.62 bits per heavy atom. The van der Waals surface area contributed by atoms with E-state index in [0.717, 1.165) is 12.8 Å². The van der Waals surface area contributed by atoms with Crippen LogP contribution in [0.2, 0.25) is 0 Å². The van der Waals surface area contributed by atoms with Crippen LogP contribution in [-0.4, -0.2) is 55.3 Å². The molecule has 120 valence electrons. The lowest BCUT2D eigenvalue weighted by molar-refractivity contribution is -0.139. The van der Waals surface area contributed by atoms with Gasteiger partial charge in [-0.3, -0.25) is 4.79 Å². The molecule has 1 saturated heterocycles. The molecule has 6 heteroatoms. The third-order valence-corrected chi connectivity index (χ3v) is 4.92. The van der Waals surface area contributed by atoms with Gasteiger partial charge in [-0.25, -0.2) is 4.79 Å². The minimum atomic E-state index is -0.704. The number of hydrogen-bond donors (Lipinski definition) is 1. The van der Waals surface area contributed by atoms with Crippen LogP contribution in [0.4, 0.5) is 4.79 Å². The molecule has 21 heavy (non-hydrogen) atoms. The normalized spacial score (nSPS) is 30.7. The number of fused-ring (bicyclic) bond motifs is 1. The molecule has 0 bridgehead atoms. The van der Waals surface area contributed by atoms with Gasteiger partial charge >= 0.3 is 6.09 Å². The number of amides is 2. The Morgan fingerprint density at radius 1 is 1.29 bits per heavy atom. The summed E-state index contributed by atoms with van der Waals surface area (Å²) in [6.07, 6.45) is 3.50. The van der Waals surface area contributed by atoms with Gasteiger partial charge in [0.25, 0.3) is 0 Å². The number of methoxy groups -OCH3 is 2. The molecule has 2 aliphatic rings. The van der Waals surface area contributed by atoms with E-state index in [9.17, 15) is 9.59 Å². The molecule has 1 heterocycles. The van der Waals surface area contributed by atoms with Gasteiger partial charge in [-0.1, -0.05) is 6.42 Å². The number of carbonyl (C=O) groups is 2. The average molecular weight is 298 g/mol. The quantitative estimate of drug-likeness (QED) is 0.855. The molecule has 0 radical (unpaired) electrons. The van der Waals surface area contributed by atoms with Crippen molar-refractivity contribution >= 4 is 12.0 Å². The Morgan fingerprint density at radius 2 is 2.00 bits per heavy atom. The smallest absolute Gasteiger partial charge is 0.407 e. The number of rotatable bonds is 4. The SMILES string of the molecule is COC(=O)N[C@H](C(=O)N1C(C)CC2CCCC21)[C@@H](C)OC. The number of ether oxygens (including phenoxy) is 2. The largest absolute Gasteiger partial charge is 0.453 e. The number of carbonyl (C=O) groups excluding carboxylic acids is 2. The predicted molar refractivity (Wildman–Crippen MR) is 77.9 cm³/mol. The topological polar surface area (TPSA) is 67.9 Å². The molecular formula is C15H26N2O4. The number of hydrogen-bond acceptors (Lipinski definition) is 4. The van der Waals surface area contributed by atoms with Gasteiger partial charge in [0, 0.05) is 19.2 Å². The third kappa shape index (κ3) is 3.15. The van der Waals surface area contributed by atoms with Crippen molar-refractivity contribution in [3.63, 3.8) is 0 Å². The second-order valence-electron chi connectivity index (χ2n) is 6.14. The molecule has 0 aromatic heterocycles. The molecule has 0 aromatic rings. The summed E-state index contributed by atoms with van der Waals surface area (Å²) in [5.41, 5.74) is 0. The molecule has 1 saturated carbocycles. The molecule has 5 atom stereocenters. The van der Waals surface area contributed by atoms with Crippen LogP contribution in [0, 0.1) is 5.92 Å². The molecule has 0 aromatic carbocycles. The van der Waals surface area contributed by atoms with Gasteiger partial charge < -0.3 is 19.7 Å². The monoisotopic (exact) mass is 298 g/mol. The fourth-order valence-electron chi connectivity index (χ4n) is 3.78. The minimum Gasteiger partial charge on any atom is -0.453 e. The van der Waals surface area contributed by atoms with Crippen molar-refractivity contribution in [1.29, 1.82) is 0 Å². The predicted octanol–water partition coefficient (Wildman–Crippen LogP) is 1.54. The molecule has 2 amide bonds.